The summed E-state index contributed by atoms with van der Waals surface area (Å²) in [5.41, 5.74) is 4.79. The Hall–Kier alpha value is -3.45. The maximum absolute atomic E-state index is 12.6. The van der Waals surface area contributed by atoms with Crippen molar-refractivity contribution in [2.24, 2.45) is 5.92 Å². The number of nitrogens with zero attached hydrogens (tertiary/aromatic N) is 1. The molecule has 0 saturated carbocycles. The van der Waals surface area contributed by atoms with Gasteiger partial charge in [-0.3, -0.25) is 9.69 Å². The smallest absolute Gasteiger partial charge is 0.328 e. The highest BCUT2D eigenvalue weighted by Gasteiger charge is 2.20. The fourth-order valence-electron chi connectivity index (χ4n) is 4.53. The minimum absolute atomic E-state index is 0.303. The molecule has 2 aromatic rings. The zero-order chi connectivity index (χ0) is 25.0. The zero-order valence-corrected chi connectivity index (χ0v) is 20.0. The van der Waals surface area contributed by atoms with Gasteiger partial charge in [-0.05, 0) is 68.3 Å². The highest BCUT2D eigenvalue weighted by atomic mass is 16.4. The SMILES string of the molecule is O=C(CCC1CCN(Cc2ccccc2)CC1)c1ccc2c(c1)NCCC2.O=C(O)/C=C/C(=O)O. The lowest BCUT2D eigenvalue weighted by Crippen LogP contribution is -2.33. The lowest BCUT2D eigenvalue weighted by molar-refractivity contribution is -0.134. The van der Waals surface area contributed by atoms with E-state index in [1.165, 1.54) is 36.1 Å². The number of fused-ring (bicyclic) bond motifs is 1. The summed E-state index contributed by atoms with van der Waals surface area (Å²) < 4.78 is 0. The van der Waals surface area contributed by atoms with E-state index in [1.54, 1.807) is 0 Å². The molecular weight excluding hydrogens is 444 g/mol. The summed E-state index contributed by atoms with van der Waals surface area (Å²) in [6.07, 6.45) is 7.56. The van der Waals surface area contributed by atoms with Gasteiger partial charge in [0.05, 0.1) is 0 Å². The fraction of sp³-hybridized carbons (Fsp3) is 0.393. The van der Waals surface area contributed by atoms with Gasteiger partial charge in [-0.25, -0.2) is 9.59 Å². The quantitative estimate of drug-likeness (QED) is 0.375. The van der Waals surface area contributed by atoms with E-state index >= 15 is 0 Å². The second-order valence-corrected chi connectivity index (χ2v) is 9.08. The van der Waals surface area contributed by atoms with Gasteiger partial charge in [0.1, 0.15) is 0 Å². The van der Waals surface area contributed by atoms with Crippen molar-refractivity contribution >= 4 is 23.4 Å². The van der Waals surface area contributed by atoms with Gasteiger partial charge in [0, 0.05) is 42.9 Å². The minimum atomic E-state index is -1.26. The molecule has 35 heavy (non-hydrogen) atoms. The molecule has 0 atom stereocenters. The molecule has 0 spiro atoms. The normalized spacial score (nSPS) is 16.0. The Bertz CT molecular complexity index is 1010. The molecule has 7 heteroatoms. The molecule has 0 bridgehead atoms. The van der Waals surface area contributed by atoms with Gasteiger partial charge in [-0.2, -0.15) is 0 Å². The zero-order valence-electron chi connectivity index (χ0n) is 20.0. The third-order valence-electron chi connectivity index (χ3n) is 6.47. The standard InChI is InChI=1S/C24H30N2O.C4H4O4/c27-24(22-10-9-21-7-4-14-25-23(21)17-22)11-8-19-12-15-26(16-13-19)18-20-5-2-1-3-6-20;5-3(6)1-2-4(7)8/h1-3,5-6,9-10,17,19,25H,4,7-8,11-16,18H2;1-2H,(H,5,6)(H,7,8)/b;2-1+. The molecule has 2 aliphatic rings. The molecule has 1 fully saturated rings. The van der Waals surface area contributed by atoms with Crippen LogP contribution in [-0.4, -0.2) is 52.5 Å². The van der Waals surface area contributed by atoms with Crippen LogP contribution in [0.5, 0.6) is 0 Å². The van der Waals surface area contributed by atoms with E-state index in [9.17, 15) is 14.4 Å². The lowest BCUT2D eigenvalue weighted by atomic mass is 9.89. The van der Waals surface area contributed by atoms with Gasteiger partial charge in [-0.1, -0.05) is 42.5 Å². The summed E-state index contributed by atoms with van der Waals surface area (Å²) in [5, 5.41) is 19.1. The van der Waals surface area contributed by atoms with Gasteiger partial charge < -0.3 is 15.5 Å². The molecule has 2 aliphatic heterocycles. The van der Waals surface area contributed by atoms with E-state index in [-0.39, 0.29) is 0 Å². The number of nitrogens with one attached hydrogen (secondary N) is 1. The number of aryl methyl sites for hydroxylation is 1. The van der Waals surface area contributed by atoms with Gasteiger partial charge in [0.25, 0.3) is 0 Å². The van der Waals surface area contributed by atoms with Crippen molar-refractivity contribution in [2.45, 2.75) is 45.1 Å². The van der Waals surface area contributed by atoms with Crippen molar-refractivity contribution in [3.8, 4) is 0 Å². The number of carboxylic acid groups (broad SMARTS) is 2. The molecule has 186 valence electrons. The number of anilines is 1. The van der Waals surface area contributed by atoms with Crippen molar-refractivity contribution in [2.75, 3.05) is 25.0 Å². The monoisotopic (exact) mass is 478 g/mol. The van der Waals surface area contributed by atoms with E-state index in [1.807, 2.05) is 6.07 Å². The molecule has 0 aromatic heterocycles. The van der Waals surface area contributed by atoms with Crippen LogP contribution in [0.1, 0.15) is 53.6 Å². The number of hydrogen-bond donors (Lipinski definition) is 3. The molecule has 0 aliphatic carbocycles. The Balaban J connectivity index is 0.000000371. The first-order valence-corrected chi connectivity index (χ1v) is 12.2. The number of carbonyl (C=O) groups excluding carboxylic acids is 1. The molecule has 4 rings (SSSR count). The maximum Gasteiger partial charge on any atom is 0.328 e. The van der Waals surface area contributed by atoms with Gasteiger partial charge in [0.2, 0.25) is 0 Å². The summed E-state index contributed by atoms with van der Waals surface area (Å²) in [7, 11) is 0. The third-order valence-corrected chi connectivity index (χ3v) is 6.47. The maximum atomic E-state index is 12.6. The largest absolute Gasteiger partial charge is 0.478 e. The van der Waals surface area contributed by atoms with E-state index in [4.69, 9.17) is 10.2 Å². The van der Waals surface area contributed by atoms with E-state index in [2.05, 4.69) is 52.7 Å². The predicted octanol–water partition coefficient (Wildman–Crippen LogP) is 4.63. The Kier molecular flexibility index (Phi) is 10.0. The molecule has 0 radical (unpaired) electrons. The number of carboxylic acids is 2. The van der Waals surface area contributed by atoms with E-state index in [0.29, 0.717) is 30.3 Å². The fourth-order valence-corrected chi connectivity index (χ4v) is 4.53. The second-order valence-electron chi connectivity index (χ2n) is 9.08. The molecular formula is C28H34N2O5. The molecule has 7 nitrogen and oxygen atoms in total. The van der Waals surface area contributed by atoms with Crippen LogP contribution in [0.15, 0.2) is 60.7 Å². The highest BCUT2D eigenvalue weighted by Crippen LogP contribution is 2.26. The van der Waals surface area contributed by atoms with Crippen molar-refractivity contribution < 1.29 is 24.6 Å². The van der Waals surface area contributed by atoms with Crippen LogP contribution in [0.25, 0.3) is 0 Å². The number of benzene rings is 2. The van der Waals surface area contributed by atoms with Gasteiger partial charge >= 0.3 is 11.9 Å². The second kappa shape index (κ2) is 13.4. The summed E-state index contributed by atoms with van der Waals surface area (Å²) in [6.45, 7) is 4.37. The molecule has 0 unspecified atom stereocenters. The number of Topliss-reactive ketones (excluding diaryl/α,β-unsaturated/α-hetero) is 1. The summed E-state index contributed by atoms with van der Waals surface area (Å²) in [6, 6.07) is 16.9. The first-order chi connectivity index (χ1) is 16.9. The molecule has 2 aromatic carbocycles. The highest BCUT2D eigenvalue weighted by molar-refractivity contribution is 5.97. The van der Waals surface area contributed by atoms with E-state index < -0.39 is 11.9 Å². The number of piperidine rings is 1. The first kappa shape index (κ1) is 26.2. The van der Waals surface area contributed by atoms with Crippen LogP contribution in [0.3, 0.4) is 0 Å². The number of aliphatic carboxylic acids is 2. The van der Waals surface area contributed by atoms with Crippen LogP contribution >= 0.6 is 0 Å². The predicted molar refractivity (Wildman–Crippen MR) is 136 cm³/mol. The van der Waals surface area contributed by atoms with Gasteiger partial charge in [0.15, 0.2) is 5.78 Å². The number of carbonyl (C=O) groups is 3. The lowest BCUT2D eigenvalue weighted by Gasteiger charge is -2.32. The van der Waals surface area contributed by atoms with Gasteiger partial charge in [-0.15, -0.1) is 0 Å². The van der Waals surface area contributed by atoms with Crippen molar-refractivity contribution in [1.82, 2.24) is 4.90 Å². The summed E-state index contributed by atoms with van der Waals surface area (Å²) >= 11 is 0. The topological polar surface area (TPSA) is 107 Å². The minimum Gasteiger partial charge on any atom is -0.478 e. The number of likely N-dealkylation sites (tertiary alicyclic amines) is 1. The summed E-state index contributed by atoms with van der Waals surface area (Å²) in [5.74, 6) is -1.52. The van der Waals surface area contributed by atoms with Crippen molar-refractivity contribution in [3.63, 3.8) is 0 Å². The van der Waals surface area contributed by atoms with Crippen LogP contribution in [-0.2, 0) is 22.6 Å². The van der Waals surface area contributed by atoms with Crippen LogP contribution in [0.2, 0.25) is 0 Å². The Labute approximate surface area is 206 Å². The molecule has 0 amide bonds. The van der Waals surface area contributed by atoms with Crippen LogP contribution in [0.4, 0.5) is 5.69 Å². The average Bonchev–Trinajstić information content (AvgIpc) is 2.87. The molecule has 2 heterocycles. The number of ketones is 1. The Morgan fingerprint density at radius 2 is 1.66 bits per heavy atom. The Morgan fingerprint density at radius 3 is 2.31 bits per heavy atom. The number of rotatable bonds is 8. The van der Waals surface area contributed by atoms with Crippen molar-refractivity contribution in [3.05, 3.63) is 77.4 Å². The summed E-state index contributed by atoms with van der Waals surface area (Å²) in [4.78, 5) is 34.3. The van der Waals surface area contributed by atoms with Crippen LogP contribution in [0, 0.1) is 5.92 Å². The first-order valence-electron chi connectivity index (χ1n) is 12.2. The molecule has 3 N–H and O–H groups in total. The molecule has 1 saturated heterocycles. The Morgan fingerprint density at radius 1 is 0.971 bits per heavy atom. The average molecular weight is 479 g/mol. The third kappa shape index (κ3) is 9.02. The van der Waals surface area contributed by atoms with Crippen LogP contribution < -0.4 is 5.32 Å². The number of hydrogen-bond acceptors (Lipinski definition) is 5. The van der Waals surface area contributed by atoms with E-state index in [0.717, 1.165) is 44.6 Å². The van der Waals surface area contributed by atoms with Crippen molar-refractivity contribution in [1.29, 1.82) is 0 Å².